The van der Waals surface area contributed by atoms with Crippen LogP contribution in [0.2, 0.25) is 5.02 Å². The molecule has 0 bridgehead atoms. The minimum Gasteiger partial charge on any atom is -0.313 e. The Labute approximate surface area is 107 Å². The highest BCUT2D eigenvalue weighted by Crippen LogP contribution is 2.21. The van der Waals surface area contributed by atoms with Crippen molar-refractivity contribution < 1.29 is 4.39 Å². The van der Waals surface area contributed by atoms with Crippen LogP contribution in [0.1, 0.15) is 25.8 Å². The van der Waals surface area contributed by atoms with E-state index in [1.54, 1.807) is 19.1 Å². The molecule has 1 nitrogen and oxygen atoms in total. The maximum atomic E-state index is 13.6. The van der Waals surface area contributed by atoms with Crippen LogP contribution in [0.25, 0.3) is 0 Å². The van der Waals surface area contributed by atoms with E-state index in [0.29, 0.717) is 23.4 Å². The van der Waals surface area contributed by atoms with Crippen LogP contribution in [0, 0.1) is 17.7 Å². The molecule has 0 aromatic heterocycles. The third-order valence-corrected chi connectivity index (χ3v) is 2.88. The first-order valence-corrected chi connectivity index (χ1v) is 6.12. The summed E-state index contributed by atoms with van der Waals surface area (Å²) in [6.07, 6.45) is 1.27. The number of benzene rings is 1. The van der Waals surface area contributed by atoms with Crippen molar-refractivity contribution in [3.63, 3.8) is 0 Å². The summed E-state index contributed by atoms with van der Waals surface area (Å²) in [6, 6.07) is 4.92. The summed E-state index contributed by atoms with van der Waals surface area (Å²) in [5, 5.41) is 3.78. The third kappa shape index (κ3) is 4.38. The predicted molar refractivity (Wildman–Crippen MR) is 70.6 cm³/mol. The third-order valence-electron chi connectivity index (χ3n) is 2.53. The SMILES string of the molecule is CC#CCC(Cc1c(F)cccc1Cl)NCC. The molecule has 0 aliphatic carbocycles. The Hall–Kier alpha value is -1.04. The van der Waals surface area contributed by atoms with Crippen LogP contribution >= 0.6 is 11.6 Å². The molecule has 1 aromatic rings. The van der Waals surface area contributed by atoms with Gasteiger partial charge < -0.3 is 5.32 Å². The Morgan fingerprint density at radius 3 is 2.82 bits per heavy atom. The van der Waals surface area contributed by atoms with E-state index in [-0.39, 0.29) is 11.9 Å². The molecule has 3 heteroatoms. The summed E-state index contributed by atoms with van der Waals surface area (Å²) in [4.78, 5) is 0. The van der Waals surface area contributed by atoms with Crippen molar-refractivity contribution in [2.45, 2.75) is 32.7 Å². The predicted octanol–water partition coefficient (Wildman–Crippen LogP) is 3.41. The van der Waals surface area contributed by atoms with Crippen LogP contribution in [-0.4, -0.2) is 12.6 Å². The minimum atomic E-state index is -0.245. The summed E-state index contributed by atoms with van der Waals surface area (Å²) in [7, 11) is 0. The number of halogens is 2. The average molecular weight is 254 g/mol. The van der Waals surface area contributed by atoms with Crippen molar-refractivity contribution in [3.8, 4) is 11.8 Å². The van der Waals surface area contributed by atoms with E-state index in [1.807, 2.05) is 6.92 Å². The first-order valence-electron chi connectivity index (χ1n) is 5.74. The molecular weight excluding hydrogens is 237 g/mol. The van der Waals surface area contributed by atoms with Crippen LogP contribution in [0.3, 0.4) is 0 Å². The largest absolute Gasteiger partial charge is 0.313 e. The fourth-order valence-corrected chi connectivity index (χ4v) is 1.94. The highest BCUT2D eigenvalue weighted by Gasteiger charge is 2.13. The molecule has 1 unspecified atom stereocenters. The first kappa shape index (κ1) is 14.0. The molecule has 1 atom stereocenters. The number of hydrogen-bond acceptors (Lipinski definition) is 1. The molecule has 0 heterocycles. The fraction of sp³-hybridized carbons (Fsp3) is 0.429. The van der Waals surface area contributed by atoms with Gasteiger partial charge in [0.2, 0.25) is 0 Å². The van der Waals surface area contributed by atoms with E-state index >= 15 is 0 Å². The van der Waals surface area contributed by atoms with Crippen molar-refractivity contribution in [1.29, 1.82) is 0 Å². The molecule has 0 saturated heterocycles. The molecule has 17 heavy (non-hydrogen) atoms. The van der Waals surface area contributed by atoms with Crippen molar-refractivity contribution >= 4 is 11.6 Å². The zero-order chi connectivity index (χ0) is 12.7. The van der Waals surface area contributed by atoms with Gasteiger partial charge in [0, 0.05) is 23.0 Å². The lowest BCUT2D eigenvalue weighted by atomic mass is 10.0. The molecule has 0 fully saturated rings. The summed E-state index contributed by atoms with van der Waals surface area (Å²) < 4.78 is 13.6. The minimum absolute atomic E-state index is 0.141. The van der Waals surface area contributed by atoms with Crippen LogP contribution in [-0.2, 0) is 6.42 Å². The van der Waals surface area contributed by atoms with Gasteiger partial charge in [-0.3, -0.25) is 0 Å². The highest BCUT2D eigenvalue weighted by molar-refractivity contribution is 6.31. The monoisotopic (exact) mass is 253 g/mol. The van der Waals surface area contributed by atoms with Crippen LogP contribution in [0.15, 0.2) is 18.2 Å². The molecule has 0 aliphatic heterocycles. The van der Waals surface area contributed by atoms with Gasteiger partial charge in [-0.15, -0.1) is 11.8 Å². The quantitative estimate of drug-likeness (QED) is 0.793. The van der Waals surface area contributed by atoms with Crippen molar-refractivity contribution in [2.24, 2.45) is 0 Å². The maximum absolute atomic E-state index is 13.6. The maximum Gasteiger partial charge on any atom is 0.127 e. The number of rotatable bonds is 5. The molecule has 92 valence electrons. The molecular formula is C14H17ClFN. The lowest BCUT2D eigenvalue weighted by molar-refractivity contribution is 0.517. The second-order valence-electron chi connectivity index (χ2n) is 3.79. The van der Waals surface area contributed by atoms with E-state index < -0.39 is 0 Å². The van der Waals surface area contributed by atoms with Crippen molar-refractivity contribution in [3.05, 3.63) is 34.6 Å². The number of likely N-dealkylation sites (N-methyl/N-ethyl adjacent to an activating group) is 1. The van der Waals surface area contributed by atoms with Gasteiger partial charge >= 0.3 is 0 Å². The van der Waals surface area contributed by atoms with Gasteiger partial charge in [-0.1, -0.05) is 24.6 Å². The van der Waals surface area contributed by atoms with Gasteiger partial charge in [0.05, 0.1) is 0 Å². The molecule has 0 radical (unpaired) electrons. The molecule has 0 saturated carbocycles. The lowest BCUT2D eigenvalue weighted by Gasteiger charge is -2.16. The second kappa shape index (κ2) is 7.32. The molecule has 1 aromatic carbocycles. The highest BCUT2D eigenvalue weighted by atomic mass is 35.5. The van der Waals surface area contributed by atoms with Crippen molar-refractivity contribution in [2.75, 3.05) is 6.54 Å². The zero-order valence-electron chi connectivity index (χ0n) is 10.2. The van der Waals surface area contributed by atoms with E-state index in [2.05, 4.69) is 17.2 Å². The average Bonchev–Trinajstić information content (AvgIpc) is 2.31. The normalized spacial score (nSPS) is 11.8. The second-order valence-corrected chi connectivity index (χ2v) is 4.20. The van der Waals surface area contributed by atoms with Gasteiger partial charge in [-0.25, -0.2) is 4.39 Å². The van der Waals surface area contributed by atoms with E-state index in [0.717, 1.165) is 6.54 Å². The molecule has 1 rings (SSSR count). The smallest absolute Gasteiger partial charge is 0.127 e. The first-order chi connectivity index (χ1) is 8.19. The lowest BCUT2D eigenvalue weighted by Crippen LogP contribution is -2.31. The summed E-state index contributed by atoms with van der Waals surface area (Å²) in [5.74, 6) is 5.62. The zero-order valence-corrected chi connectivity index (χ0v) is 10.9. The Morgan fingerprint density at radius 2 is 2.24 bits per heavy atom. The Bertz CT molecular complexity index is 400. The standard InChI is InChI=1S/C14H17ClFN/c1-3-5-7-11(17-4-2)10-12-13(15)8-6-9-14(12)16/h6,8-9,11,17H,4,7,10H2,1-2H3. The summed E-state index contributed by atoms with van der Waals surface area (Å²) in [6.45, 7) is 4.66. The van der Waals surface area contributed by atoms with Gasteiger partial charge in [0.15, 0.2) is 0 Å². The van der Waals surface area contributed by atoms with Crippen LogP contribution in [0.4, 0.5) is 4.39 Å². The van der Waals surface area contributed by atoms with Crippen LogP contribution < -0.4 is 5.32 Å². The molecule has 1 N–H and O–H groups in total. The summed E-state index contributed by atoms with van der Waals surface area (Å²) >= 11 is 6.00. The van der Waals surface area contributed by atoms with E-state index in [9.17, 15) is 4.39 Å². The molecule has 0 aliphatic rings. The Morgan fingerprint density at radius 1 is 1.47 bits per heavy atom. The molecule has 0 spiro atoms. The van der Waals surface area contributed by atoms with Crippen LogP contribution in [0.5, 0.6) is 0 Å². The Balaban J connectivity index is 2.80. The summed E-state index contributed by atoms with van der Waals surface area (Å²) in [5.41, 5.74) is 0.568. The molecule has 0 amide bonds. The van der Waals surface area contributed by atoms with Gasteiger partial charge in [-0.2, -0.15) is 0 Å². The number of nitrogens with one attached hydrogen (secondary N) is 1. The van der Waals surface area contributed by atoms with Gasteiger partial charge in [0.1, 0.15) is 5.82 Å². The van der Waals surface area contributed by atoms with E-state index in [1.165, 1.54) is 6.07 Å². The fourth-order valence-electron chi connectivity index (χ4n) is 1.70. The van der Waals surface area contributed by atoms with E-state index in [4.69, 9.17) is 11.6 Å². The van der Waals surface area contributed by atoms with Gasteiger partial charge in [-0.05, 0) is 32.0 Å². The Kier molecular flexibility index (Phi) is 6.04. The van der Waals surface area contributed by atoms with Crippen molar-refractivity contribution in [1.82, 2.24) is 5.32 Å². The number of hydrogen-bond donors (Lipinski definition) is 1. The van der Waals surface area contributed by atoms with Gasteiger partial charge in [0.25, 0.3) is 0 Å². The topological polar surface area (TPSA) is 12.0 Å².